The number of nitro benzene ring substituents is 1. The molecule has 1 unspecified atom stereocenters. The van der Waals surface area contributed by atoms with E-state index in [0.717, 1.165) is 21.4 Å². The van der Waals surface area contributed by atoms with Crippen LogP contribution >= 0.6 is 27.7 Å². The maximum Gasteiger partial charge on any atom is 0.365 e. The molecule has 1 atom stereocenters. The molecule has 2 aliphatic rings. The summed E-state index contributed by atoms with van der Waals surface area (Å²) in [4.78, 5) is 22.4. The van der Waals surface area contributed by atoms with E-state index in [4.69, 9.17) is 9.84 Å². The summed E-state index contributed by atoms with van der Waals surface area (Å²) in [6.07, 6.45) is 3.81. The van der Waals surface area contributed by atoms with Crippen LogP contribution in [0.25, 0.3) is 0 Å². The van der Waals surface area contributed by atoms with E-state index in [0.29, 0.717) is 5.69 Å². The Labute approximate surface area is 225 Å². The zero-order valence-electron chi connectivity index (χ0n) is 19.5. The van der Waals surface area contributed by atoms with Gasteiger partial charge in [-0.2, -0.15) is 10.2 Å². The number of ether oxygens (including phenoxy) is 1. The number of nitrogens with zero attached hydrogens (tertiary/aromatic N) is 5. The van der Waals surface area contributed by atoms with Crippen molar-refractivity contribution in [2.24, 2.45) is 10.2 Å². The van der Waals surface area contributed by atoms with Crippen molar-refractivity contribution < 1.29 is 14.5 Å². The highest BCUT2D eigenvalue weighted by Gasteiger charge is 2.52. The smallest absolute Gasteiger partial charge is 0.365 e. The number of benzene rings is 3. The van der Waals surface area contributed by atoms with Crippen LogP contribution in [0.1, 0.15) is 12.5 Å². The van der Waals surface area contributed by atoms with Gasteiger partial charge in [0.05, 0.1) is 28.6 Å². The van der Waals surface area contributed by atoms with Gasteiger partial charge in [0.2, 0.25) is 10.0 Å². The molecule has 1 spiro atoms. The Morgan fingerprint density at radius 2 is 1.65 bits per heavy atom. The minimum absolute atomic E-state index is 0.0473. The SMILES string of the molecule is CCOC(=O)C1=NN(c2ccc([N+](=O)[O-])cc2)C2(C=CC(c3ccc(Br)cc3)=NN2c2ccccc2)S1. The maximum absolute atomic E-state index is 12.8. The van der Waals surface area contributed by atoms with Crippen LogP contribution in [0.4, 0.5) is 17.1 Å². The summed E-state index contributed by atoms with van der Waals surface area (Å²) in [5.74, 6) is -0.555. The normalized spacial score (nSPS) is 18.5. The predicted octanol–water partition coefficient (Wildman–Crippen LogP) is 5.92. The molecule has 2 aliphatic heterocycles. The highest BCUT2D eigenvalue weighted by molar-refractivity contribution is 9.10. The van der Waals surface area contributed by atoms with Gasteiger partial charge in [0.25, 0.3) is 5.69 Å². The summed E-state index contributed by atoms with van der Waals surface area (Å²) in [5.41, 5.74) is 2.89. The van der Waals surface area contributed by atoms with Crippen molar-refractivity contribution >= 4 is 61.5 Å². The Morgan fingerprint density at radius 1 is 1.00 bits per heavy atom. The van der Waals surface area contributed by atoms with Crippen LogP contribution in [-0.2, 0) is 9.53 Å². The van der Waals surface area contributed by atoms with Gasteiger partial charge in [-0.1, -0.05) is 46.3 Å². The van der Waals surface area contributed by atoms with E-state index in [9.17, 15) is 14.9 Å². The van der Waals surface area contributed by atoms with Crippen molar-refractivity contribution in [3.05, 3.63) is 111 Å². The topological polar surface area (TPSA) is 101 Å². The van der Waals surface area contributed by atoms with Crippen molar-refractivity contribution in [1.82, 2.24) is 0 Å². The molecule has 0 radical (unpaired) electrons. The molecular formula is C26H20BrN5O4S. The monoisotopic (exact) mass is 577 g/mol. The van der Waals surface area contributed by atoms with Crippen molar-refractivity contribution in [1.29, 1.82) is 0 Å². The highest BCUT2D eigenvalue weighted by atomic mass is 79.9. The quantitative estimate of drug-likeness (QED) is 0.203. The van der Waals surface area contributed by atoms with Crippen molar-refractivity contribution in [2.75, 3.05) is 16.6 Å². The second-order valence-electron chi connectivity index (χ2n) is 7.94. The lowest BCUT2D eigenvalue weighted by atomic mass is 10.1. The number of esters is 1. The number of carbonyl (C=O) groups excluding carboxylic acids is 1. The third-order valence-electron chi connectivity index (χ3n) is 5.61. The molecule has 37 heavy (non-hydrogen) atoms. The van der Waals surface area contributed by atoms with Crippen LogP contribution in [0.3, 0.4) is 0 Å². The fraction of sp³-hybridized carbons (Fsp3) is 0.115. The average Bonchev–Trinajstić information content (AvgIpc) is 3.30. The second kappa shape index (κ2) is 10.2. The highest BCUT2D eigenvalue weighted by Crippen LogP contribution is 2.48. The summed E-state index contributed by atoms with van der Waals surface area (Å²) in [7, 11) is 0. The van der Waals surface area contributed by atoms with Crippen molar-refractivity contribution in [3.63, 3.8) is 0 Å². The minimum atomic E-state index is -1.11. The lowest BCUT2D eigenvalue weighted by Crippen LogP contribution is -2.53. The van der Waals surface area contributed by atoms with Gasteiger partial charge in [-0.15, -0.1) is 0 Å². The first-order valence-electron chi connectivity index (χ1n) is 11.3. The molecule has 2 heterocycles. The molecule has 9 nitrogen and oxygen atoms in total. The van der Waals surface area contributed by atoms with Crippen LogP contribution in [0, 0.1) is 10.1 Å². The lowest BCUT2D eigenvalue weighted by Gasteiger charge is -2.43. The Bertz CT molecular complexity index is 1430. The number of hydrogen-bond acceptors (Lipinski definition) is 9. The molecule has 0 bridgehead atoms. The maximum atomic E-state index is 12.8. The number of allylic oxidation sites excluding steroid dienone is 1. The number of anilines is 2. The standard InChI is InChI=1S/C26H20BrN5O4S/c1-2-36-25(33)24-29-31(21-12-14-22(15-13-21)32(34)35)26(37-24)17-16-23(18-8-10-19(27)11-9-18)28-30(26)20-6-4-3-5-7-20/h3-17H,2H2,1H3. The van der Waals surface area contributed by atoms with Gasteiger partial charge in [-0.3, -0.25) is 10.1 Å². The first kappa shape index (κ1) is 24.7. The van der Waals surface area contributed by atoms with Crippen LogP contribution in [0.5, 0.6) is 0 Å². The fourth-order valence-corrected chi connectivity index (χ4v) is 5.31. The van der Waals surface area contributed by atoms with E-state index in [1.54, 1.807) is 29.1 Å². The zero-order chi connectivity index (χ0) is 26.0. The number of thioether (sulfide) groups is 1. The van der Waals surface area contributed by atoms with Gasteiger partial charge in [0.1, 0.15) is 0 Å². The van der Waals surface area contributed by atoms with E-state index < -0.39 is 15.9 Å². The van der Waals surface area contributed by atoms with Crippen molar-refractivity contribution in [3.8, 4) is 0 Å². The molecule has 5 rings (SSSR count). The fourth-order valence-electron chi connectivity index (χ4n) is 3.90. The molecule has 0 aliphatic carbocycles. The van der Waals surface area contributed by atoms with Crippen LogP contribution in [-0.4, -0.2) is 33.2 Å². The molecule has 11 heteroatoms. The number of hydrazone groups is 2. The van der Waals surface area contributed by atoms with Gasteiger partial charge in [-0.05, 0) is 67.2 Å². The largest absolute Gasteiger partial charge is 0.461 e. The third-order valence-corrected chi connectivity index (χ3v) is 7.36. The minimum Gasteiger partial charge on any atom is -0.461 e. The number of hydrogen-bond donors (Lipinski definition) is 0. The molecule has 186 valence electrons. The second-order valence-corrected chi connectivity index (χ2v) is 10.1. The lowest BCUT2D eigenvalue weighted by molar-refractivity contribution is -0.384. The summed E-state index contributed by atoms with van der Waals surface area (Å²) in [6, 6.07) is 23.4. The number of nitro groups is 1. The molecule has 0 saturated heterocycles. The predicted molar refractivity (Wildman–Crippen MR) is 149 cm³/mol. The number of halogens is 1. The Hall–Kier alpha value is -3.96. The molecule has 0 fully saturated rings. The first-order valence-corrected chi connectivity index (χ1v) is 12.9. The summed E-state index contributed by atoms with van der Waals surface area (Å²) >= 11 is 4.66. The van der Waals surface area contributed by atoms with E-state index in [-0.39, 0.29) is 17.3 Å². The summed E-state index contributed by atoms with van der Waals surface area (Å²) in [6.45, 7) is 1.93. The van der Waals surface area contributed by atoms with Crippen LogP contribution in [0.15, 0.2) is 106 Å². The number of para-hydroxylation sites is 1. The van der Waals surface area contributed by atoms with Crippen LogP contribution in [0.2, 0.25) is 0 Å². The molecule has 0 amide bonds. The van der Waals surface area contributed by atoms with Gasteiger partial charge in [0, 0.05) is 22.2 Å². The van der Waals surface area contributed by atoms with E-state index in [1.807, 2.05) is 66.7 Å². The van der Waals surface area contributed by atoms with Gasteiger partial charge < -0.3 is 4.74 Å². The zero-order valence-corrected chi connectivity index (χ0v) is 21.9. The van der Waals surface area contributed by atoms with E-state index in [1.165, 1.54) is 23.9 Å². The van der Waals surface area contributed by atoms with E-state index >= 15 is 0 Å². The number of rotatable bonds is 6. The van der Waals surface area contributed by atoms with Crippen LogP contribution < -0.4 is 10.0 Å². The molecule has 0 N–H and O–H groups in total. The molecule has 0 aromatic heterocycles. The molecule has 3 aromatic rings. The van der Waals surface area contributed by atoms with E-state index in [2.05, 4.69) is 21.0 Å². The van der Waals surface area contributed by atoms with Gasteiger partial charge in [-0.25, -0.2) is 14.8 Å². The number of non-ortho nitro benzene ring substituents is 1. The first-order chi connectivity index (χ1) is 17.9. The summed E-state index contributed by atoms with van der Waals surface area (Å²) in [5, 5.41) is 24.4. The molecule has 3 aromatic carbocycles. The van der Waals surface area contributed by atoms with Gasteiger partial charge >= 0.3 is 5.97 Å². The summed E-state index contributed by atoms with van der Waals surface area (Å²) < 4.78 is 6.20. The van der Waals surface area contributed by atoms with Gasteiger partial charge in [0.15, 0.2) is 0 Å². The Kier molecular flexibility index (Phi) is 6.81. The third kappa shape index (κ3) is 4.75. The Morgan fingerprint density at radius 3 is 2.30 bits per heavy atom. The average molecular weight is 578 g/mol. The molecular weight excluding hydrogens is 558 g/mol. The molecule has 0 saturated carbocycles. The Balaban J connectivity index is 1.65. The number of carbonyl (C=O) groups is 1. The van der Waals surface area contributed by atoms with Crippen molar-refractivity contribution in [2.45, 2.75) is 11.9 Å².